The lowest BCUT2D eigenvalue weighted by molar-refractivity contribution is -0.120. The predicted molar refractivity (Wildman–Crippen MR) is 92.7 cm³/mol. The van der Waals surface area contributed by atoms with Crippen LogP contribution in [0.2, 0.25) is 0 Å². The van der Waals surface area contributed by atoms with Gasteiger partial charge in [-0.3, -0.25) is 4.79 Å². The summed E-state index contributed by atoms with van der Waals surface area (Å²) in [6, 6.07) is 4.19. The van der Waals surface area contributed by atoms with Crippen molar-refractivity contribution in [1.29, 1.82) is 0 Å². The molecule has 0 radical (unpaired) electrons. The molecule has 1 aromatic carbocycles. The van der Waals surface area contributed by atoms with E-state index in [-0.39, 0.29) is 24.4 Å². The lowest BCUT2D eigenvalue weighted by Gasteiger charge is -2.11. The molecule has 22 heavy (non-hydrogen) atoms. The number of amides is 1. The summed E-state index contributed by atoms with van der Waals surface area (Å²) in [5, 5.41) is 3.90. The molecule has 0 aliphatic rings. The molecule has 0 aliphatic heterocycles. The summed E-state index contributed by atoms with van der Waals surface area (Å²) in [5.74, 6) is 0.422. The minimum atomic E-state index is -0.0256. The van der Waals surface area contributed by atoms with Crippen molar-refractivity contribution in [2.75, 3.05) is 6.54 Å². The number of nitrogens with two attached hydrogens (primary N) is 1. The normalized spacial score (nSPS) is 12.3. The van der Waals surface area contributed by atoms with E-state index >= 15 is 0 Å². The number of carbonyl (C=O) groups is 1. The predicted octanol–water partition coefficient (Wildman–Crippen LogP) is 3.29. The Morgan fingerprint density at radius 3 is 2.59 bits per heavy atom. The number of carbonyl (C=O) groups excluding carboxylic acids is 1. The molecule has 4 nitrogen and oxygen atoms in total. The molecule has 1 aromatic heterocycles. The Morgan fingerprint density at radius 1 is 1.32 bits per heavy atom. The Hall–Kier alpha value is -1.52. The Balaban J connectivity index is 0.00000242. The second kappa shape index (κ2) is 7.65. The number of hydrogen-bond donors (Lipinski definition) is 2. The van der Waals surface area contributed by atoms with Gasteiger partial charge in [0, 0.05) is 23.5 Å². The van der Waals surface area contributed by atoms with Crippen molar-refractivity contribution in [3.8, 4) is 0 Å². The lowest BCUT2D eigenvalue weighted by atomic mass is 9.95. The molecule has 3 N–H and O–H groups in total. The fourth-order valence-corrected chi connectivity index (χ4v) is 2.56. The number of hydrogen-bond acceptors (Lipinski definition) is 3. The van der Waals surface area contributed by atoms with Gasteiger partial charge in [-0.1, -0.05) is 13.8 Å². The van der Waals surface area contributed by atoms with Crippen LogP contribution >= 0.6 is 12.4 Å². The molecule has 122 valence electrons. The standard InChI is InChI=1S/C17H24N2O2.ClH/c1-10(2)14-7-15-13(6-17(20)19-12(4)8-18)9-21-16(15)5-11(14)3;/h5,7,9-10,12H,6,8,18H2,1-4H3,(H,19,20);1H/t12-;/m0./s1. The number of fused-ring (bicyclic) bond motifs is 1. The maximum absolute atomic E-state index is 12.0. The molecule has 0 saturated carbocycles. The molecule has 0 saturated heterocycles. The number of halogens is 1. The Labute approximate surface area is 137 Å². The molecular weight excluding hydrogens is 300 g/mol. The molecule has 2 aromatic rings. The van der Waals surface area contributed by atoms with Crippen LogP contribution < -0.4 is 11.1 Å². The van der Waals surface area contributed by atoms with Crippen LogP contribution in [0.15, 0.2) is 22.8 Å². The molecule has 1 atom stereocenters. The molecule has 5 heteroatoms. The molecule has 1 heterocycles. The van der Waals surface area contributed by atoms with Gasteiger partial charge in [0.25, 0.3) is 0 Å². The highest BCUT2D eigenvalue weighted by atomic mass is 35.5. The minimum Gasteiger partial charge on any atom is -0.464 e. The van der Waals surface area contributed by atoms with E-state index in [9.17, 15) is 4.79 Å². The summed E-state index contributed by atoms with van der Waals surface area (Å²) in [4.78, 5) is 12.0. The number of benzene rings is 1. The van der Waals surface area contributed by atoms with Gasteiger partial charge >= 0.3 is 0 Å². The van der Waals surface area contributed by atoms with E-state index in [2.05, 4.69) is 38.2 Å². The van der Waals surface area contributed by atoms with Gasteiger partial charge in [-0.15, -0.1) is 12.4 Å². The molecule has 0 fully saturated rings. The van der Waals surface area contributed by atoms with Crippen molar-refractivity contribution < 1.29 is 9.21 Å². The number of nitrogens with one attached hydrogen (secondary N) is 1. The van der Waals surface area contributed by atoms with Crippen molar-refractivity contribution in [3.63, 3.8) is 0 Å². The van der Waals surface area contributed by atoms with E-state index in [1.807, 2.05) is 6.92 Å². The van der Waals surface area contributed by atoms with Gasteiger partial charge in [0.2, 0.25) is 5.91 Å². The lowest BCUT2D eigenvalue weighted by Crippen LogP contribution is -2.38. The zero-order valence-electron chi connectivity index (χ0n) is 13.6. The Kier molecular flexibility index (Phi) is 6.45. The monoisotopic (exact) mass is 324 g/mol. The minimum absolute atomic E-state index is 0. The highest BCUT2D eigenvalue weighted by Gasteiger charge is 2.14. The molecule has 2 rings (SSSR count). The van der Waals surface area contributed by atoms with Crippen molar-refractivity contribution in [2.24, 2.45) is 5.73 Å². The van der Waals surface area contributed by atoms with Crippen LogP contribution in [0.25, 0.3) is 11.0 Å². The van der Waals surface area contributed by atoms with Gasteiger partial charge in [-0.05, 0) is 43.0 Å². The van der Waals surface area contributed by atoms with E-state index in [1.165, 1.54) is 11.1 Å². The molecule has 0 bridgehead atoms. The molecule has 0 aliphatic carbocycles. The van der Waals surface area contributed by atoms with Crippen LogP contribution in [0.4, 0.5) is 0 Å². The first-order chi connectivity index (χ1) is 9.92. The van der Waals surface area contributed by atoms with E-state index < -0.39 is 0 Å². The zero-order valence-corrected chi connectivity index (χ0v) is 14.4. The summed E-state index contributed by atoms with van der Waals surface area (Å²) in [5.41, 5.74) is 9.80. The second-order valence-corrected chi connectivity index (χ2v) is 6.00. The first-order valence-electron chi connectivity index (χ1n) is 7.42. The quantitative estimate of drug-likeness (QED) is 0.886. The van der Waals surface area contributed by atoms with Crippen molar-refractivity contribution in [2.45, 2.75) is 46.1 Å². The second-order valence-electron chi connectivity index (χ2n) is 6.00. The third-order valence-electron chi connectivity index (χ3n) is 3.78. The number of aryl methyl sites for hydroxylation is 1. The van der Waals surface area contributed by atoms with E-state index in [4.69, 9.17) is 10.2 Å². The van der Waals surface area contributed by atoms with E-state index in [1.54, 1.807) is 6.26 Å². The van der Waals surface area contributed by atoms with Gasteiger partial charge in [-0.2, -0.15) is 0 Å². The highest BCUT2D eigenvalue weighted by Crippen LogP contribution is 2.29. The topological polar surface area (TPSA) is 68.3 Å². The van der Waals surface area contributed by atoms with Crippen LogP contribution in [0, 0.1) is 6.92 Å². The summed E-state index contributed by atoms with van der Waals surface area (Å²) in [7, 11) is 0. The Bertz CT molecular complexity index is 649. The molecule has 0 unspecified atom stereocenters. The van der Waals surface area contributed by atoms with Crippen molar-refractivity contribution in [3.05, 3.63) is 35.1 Å². The number of furan rings is 1. The van der Waals surface area contributed by atoms with Gasteiger partial charge in [0.05, 0.1) is 12.7 Å². The van der Waals surface area contributed by atoms with Crippen LogP contribution in [0.1, 0.15) is 43.4 Å². The average Bonchev–Trinajstić information content (AvgIpc) is 2.79. The highest BCUT2D eigenvalue weighted by molar-refractivity contribution is 5.88. The van der Waals surface area contributed by atoms with Gasteiger partial charge in [-0.25, -0.2) is 0 Å². The fourth-order valence-electron chi connectivity index (χ4n) is 2.56. The smallest absolute Gasteiger partial charge is 0.224 e. The SMILES string of the molecule is Cc1cc2occ(CC(=O)N[C@@H](C)CN)c2cc1C(C)C.Cl. The summed E-state index contributed by atoms with van der Waals surface area (Å²) in [6.07, 6.45) is 2.00. The average molecular weight is 325 g/mol. The van der Waals surface area contributed by atoms with Gasteiger partial charge in [0.15, 0.2) is 0 Å². The van der Waals surface area contributed by atoms with E-state index in [0.717, 1.165) is 16.5 Å². The van der Waals surface area contributed by atoms with Crippen molar-refractivity contribution >= 4 is 29.3 Å². The molecular formula is C17H25ClN2O2. The number of rotatable bonds is 5. The summed E-state index contributed by atoms with van der Waals surface area (Å²) >= 11 is 0. The first-order valence-corrected chi connectivity index (χ1v) is 7.42. The van der Waals surface area contributed by atoms with Gasteiger partial charge < -0.3 is 15.5 Å². The first kappa shape index (κ1) is 18.5. The third-order valence-corrected chi connectivity index (χ3v) is 3.78. The fraction of sp³-hybridized carbons (Fsp3) is 0.471. The third kappa shape index (κ3) is 4.02. The largest absolute Gasteiger partial charge is 0.464 e. The van der Waals surface area contributed by atoms with Gasteiger partial charge in [0.1, 0.15) is 5.58 Å². The van der Waals surface area contributed by atoms with Crippen molar-refractivity contribution in [1.82, 2.24) is 5.32 Å². The molecule has 1 amide bonds. The van der Waals surface area contributed by atoms with Crippen LogP contribution in [-0.2, 0) is 11.2 Å². The summed E-state index contributed by atoms with van der Waals surface area (Å²) < 4.78 is 5.59. The van der Waals surface area contributed by atoms with Crippen LogP contribution in [0.5, 0.6) is 0 Å². The van der Waals surface area contributed by atoms with E-state index in [0.29, 0.717) is 18.9 Å². The maximum atomic E-state index is 12.0. The van der Waals surface area contributed by atoms with Crippen LogP contribution in [0.3, 0.4) is 0 Å². The Morgan fingerprint density at radius 2 is 2.00 bits per heavy atom. The molecule has 0 spiro atoms. The maximum Gasteiger partial charge on any atom is 0.224 e. The van der Waals surface area contributed by atoms with Crippen LogP contribution in [-0.4, -0.2) is 18.5 Å². The zero-order chi connectivity index (χ0) is 15.6. The summed E-state index contributed by atoms with van der Waals surface area (Å²) in [6.45, 7) is 8.76.